The molecular formula is C14H16F2N4OS. The number of nitrogens with zero attached hydrogens (tertiary/aromatic N) is 2. The number of hydrogen-bond acceptors (Lipinski definition) is 4. The Bertz CT molecular complexity index is 638. The Morgan fingerprint density at radius 2 is 1.95 bits per heavy atom. The van der Waals surface area contributed by atoms with Gasteiger partial charge in [0.05, 0.1) is 6.04 Å². The summed E-state index contributed by atoms with van der Waals surface area (Å²) in [4.78, 5) is 17.3. The smallest absolute Gasteiger partial charge is 0.319 e. The predicted molar refractivity (Wildman–Crippen MR) is 83.4 cm³/mol. The zero-order valence-corrected chi connectivity index (χ0v) is 13.2. The Hall–Kier alpha value is -2.22. The third-order valence-corrected chi connectivity index (χ3v) is 3.85. The van der Waals surface area contributed by atoms with Crippen LogP contribution in [0.5, 0.6) is 0 Å². The van der Waals surface area contributed by atoms with E-state index in [0.29, 0.717) is 0 Å². The van der Waals surface area contributed by atoms with Crippen LogP contribution in [-0.4, -0.2) is 25.1 Å². The van der Waals surface area contributed by atoms with Gasteiger partial charge in [0, 0.05) is 31.4 Å². The van der Waals surface area contributed by atoms with Gasteiger partial charge in [0.25, 0.3) is 0 Å². The van der Waals surface area contributed by atoms with Gasteiger partial charge in [-0.2, -0.15) is 0 Å². The van der Waals surface area contributed by atoms with Crippen LogP contribution in [-0.2, 0) is 0 Å². The number of anilines is 2. The minimum atomic E-state index is -0.742. The van der Waals surface area contributed by atoms with Crippen molar-refractivity contribution >= 4 is 28.7 Å². The normalized spacial score (nSPS) is 11.9. The van der Waals surface area contributed by atoms with Crippen LogP contribution >= 0.6 is 11.3 Å². The van der Waals surface area contributed by atoms with E-state index in [0.717, 1.165) is 17.1 Å². The lowest BCUT2D eigenvalue weighted by molar-refractivity contribution is 0.249. The van der Waals surface area contributed by atoms with Gasteiger partial charge in [-0.05, 0) is 19.1 Å². The first-order valence-corrected chi connectivity index (χ1v) is 7.39. The van der Waals surface area contributed by atoms with Crippen molar-refractivity contribution in [2.24, 2.45) is 0 Å². The molecule has 1 aromatic carbocycles. The quantitative estimate of drug-likeness (QED) is 0.906. The fourth-order valence-corrected chi connectivity index (χ4v) is 2.58. The topological polar surface area (TPSA) is 57.3 Å². The monoisotopic (exact) mass is 326 g/mol. The lowest BCUT2D eigenvalue weighted by Crippen LogP contribution is -2.31. The van der Waals surface area contributed by atoms with E-state index in [1.165, 1.54) is 30.3 Å². The molecule has 2 amide bonds. The van der Waals surface area contributed by atoms with E-state index in [-0.39, 0.29) is 17.4 Å². The second kappa shape index (κ2) is 6.69. The van der Waals surface area contributed by atoms with Gasteiger partial charge in [0.2, 0.25) is 0 Å². The Balaban J connectivity index is 2.06. The summed E-state index contributed by atoms with van der Waals surface area (Å²) in [6.07, 6.45) is 1.64. The summed E-state index contributed by atoms with van der Waals surface area (Å²) in [7, 11) is 3.08. The number of halogens is 2. The Kier molecular flexibility index (Phi) is 4.92. The molecule has 0 bridgehead atoms. The molecule has 22 heavy (non-hydrogen) atoms. The molecule has 1 heterocycles. The Labute approximate surface area is 131 Å². The van der Waals surface area contributed by atoms with Crippen molar-refractivity contribution in [2.45, 2.75) is 13.0 Å². The number of urea groups is 1. The van der Waals surface area contributed by atoms with E-state index >= 15 is 0 Å². The maximum Gasteiger partial charge on any atom is 0.319 e. The van der Waals surface area contributed by atoms with Gasteiger partial charge in [-0.1, -0.05) is 0 Å². The number of benzene rings is 1. The summed E-state index contributed by atoms with van der Waals surface area (Å²) in [5.74, 6) is -1.48. The van der Waals surface area contributed by atoms with Crippen molar-refractivity contribution in [2.75, 3.05) is 24.3 Å². The molecule has 0 aliphatic rings. The first kappa shape index (κ1) is 16.2. The molecule has 2 aromatic rings. The first-order valence-electron chi connectivity index (χ1n) is 6.51. The average molecular weight is 326 g/mol. The molecule has 8 heteroatoms. The highest BCUT2D eigenvalue weighted by Crippen LogP contribution is 2.25. The van der Waals surface area contributed by atoms with Crippen molar-refractivity contribution in [1.29, 1.82) is 0 Å². The summed E-state index contributed by atoms with van der Waals surface area (Å²) in [6.45, 7) is 1.77. The van der Waals surface area contributed by atoms with Gasteiger partial charge in [-0.25, -0.2) is 18.6 Å². The number of aromatic nitrogens is 1. The fourth-order valence-electron chi connectivity index (χ4n) is 1.94. The predicted octanol–water partition coefficient (Wildman–Crippen LogP) is 3.37. The van der Waals surface area contributed by atoms with Crippen molar-refractivity contribution in [3.05, 3.63) is 40.4 Å². The van der Waals surface area contributed by atoms with Gasteiger partial charge in [-0.3, -0.25) is 0 Å². The van der Waals surface area contributed by atoms with Crippen molar-refractivity contribution in [3.63, 3.8) is 0 Å². The number of carbonyl (C=O) groups is 1. The van der Waals surface area contributed by atoms with Crippen molar-refractivity contribution in [3.8, 4) is 0 Å². The standard InChI is InChI=1S/C14H16F2N4OS/c1-8(13-17-4-5-22-13)18-14(21)19-9-6-10(15)12(20(2)3)11(16)7-9/h4-8H,1-3H3,(H2,18,19,21). The summed E-state index contributed by atoms with van der Waals surface area (Å²) < 4.78 is 27.7. The van der Waals surface area contributed by atoms with Crippen molar-refractivity contribution in [1.82, 2.24) is 10.3 Å². The number of rotatable bonds is 4. The van der Waals surface area contributed by atoms with Crippen LogP contribution in [0.25, 0.3) is 0 Å². The molecular weight excluding hydrogens is 310 g/mol. The summed E-state index contributed by atoms with van der Waals surface area (Å²) in [6, 6.07) is 1.30. The lowest BCUT2D eigenvalue weighted by atomic mass is 10.2. The third-order valence-electron chi connectivity index (χ3n) is 2.89. The zero-order valence-electron chi connectivity index (χ0n) is 12.4. The molecule has 2 N–H and O–H groups in total. The third kappa shape index (κ3) is 3.70. The molecule has 0 fully saturated rings. The average Bonchev–Trinajstić information content (AvgIpc) is 2.90. The second-order valence-electron chi connectivity index (χ2n) is 4.87. The van der Waals surface area contributed by atoms with Crippen LogP contribution in [0.2, 0.25) is 0 Å². The molecule has 1 atom stereocenters. The molecule has 118 valence electrons. The summed E-state index contributed by atoms with van der Waals surface area (Å²) in [5, 5.41) is 7.61. The summed E-state index contributed by atoms with van der Waals surface area (Å²) >= 11 is 1.41. The second-order valence-corrected chi connectivity index (χ2v) is 5.80. The minimum absolute atomic E-state index is 0.0458. The molecule has 0 aliphatic heterocycles. The van der Waals surface area contributed by atoms with E-state index in [4.69, 9.17) is 0 Å². The van der Waals surface area contributed by atoms with E-state index in [2.05, 4.69) is 15.6 Å². The molecule has 1 unspecified atom stereocenters. The largest absolute Gasteiger partial charge is 0.373 e. The van der Waals surface area contributed by atoms with Crippen LogP contribution in [0.3, 0.4) is 0 Å². The molecule has 2 rings (SSSR count). The van der Waals surface area contributed by atoms with Crippen LogP contribution in [0.4, 0.5) is 25.0 Å². The molecule has 0 saturated carbocycles. The van der Waals surface area contributed by atoms with Crippen LogP contribution < -0.4 is 15.5 Å². The molecule has 0 aliphatic carbocycles. The number of nitrogens with one attached hydrogen (secondary N) is 2. The molecule has 0 radical (unpaired) electrons. The number of hydrogen-bond donors (Lipinski definition) is 2. The maximum atomic E-state index is 13.8. The Morgan fingerprint density at radius 1 is 1.32 bits per heavy atom. The summed E-state index contributed by atoms with van der Waals surface area (Å²) in [5.41, 5.74) is -0.105. The highest BCUT2D eigenvalue weighted by Gasteiger charge is 2.16. The van der Waals surface area contributed by atoms with Gasteiger partial charge in [0.1, 0.15) is 10.7 Å². The molecule has 5 nitrogen and oxygen atoms in total. The van der Waals surface area contributed by atoms with Gasteiger partial charge < -0.3 is 15.5 Å². The van der Waals surface area contributed by atoms with Crippen LogP contribution in [0, 0.1) is 11.6 Å². The SMILES string of the molecule is CC(NC(=O)Nc1cc(F)c(N(C)C)c(F)c1)c1nccs1. The highest BCUT2D eigenvalue weighted by molar-refractivity contribution is 7.09. The van der Waals surface area contributed by atoms with Gasteiger partial charge >= 0.3 is 6.03 Å². The van der Waals surface area contributed by atoms with Crippen LogP contribution in [0.15, 0.2) is 23.7 Å². The molecule has 0 spiro atoms. The fraction of sp³-hybridized carbons (Fsp3) is 0.286. The molecule has 0 saturated heterocycles. The van der Waals surface area contributed by atoms with E-state index in [1.807, 2.05) is 0 Å². The van der Waals surface area contributed by atoms with Crippen LogP contribution in [0.1, 0.15) is 18.0 Å². The number of amides is 2. The van der Waals surface area contributed by atoms with Gasteiger partial charge in [-0.15, -0.1) is 11.3 Å². The van der Waals surface area contributed by atoms with Crippen molar-refractivity contribution < 1.29 is 13.6 Å². The maximum absolute atomic E-state index is 13.8. The van der Waals surface area contributed by atoms with E-state index in [9.17, 15) is 13.6 Å². The highest BCUT2D eigenvalue weighted by atomic mass is 32.1. The first-order chi connectivity index (χ1) is 10.4. The van der Waals surface area contributed by atoms with E-state index < -0.39 is 17.7 Å². The Morgan fingerprint density at radius 3 is 2.45 bits per heavy atom. The van der Waals surface area contributed by atoms with E-state index in [1.54, 1.807) is 18.5 Å². The number of carbonyl (C=O) groups excluding carboxylic acids is 1. The molecule has 1 aromatic heterocycles. The minimum Gasteiger partial charge on any atom is -0.373 e. The van der Waals surface area contributed by atoms with Gasteiger partial charge in [0.15, 0.2) is 11.6 Å². The lowest BCUT2D eigenvalue weighted by Gasteiger charge is -2.16. The number of thiazole rings is 1. The zero-order chi connectivity index (χ0) is 16.3.